The Morgan fingerprint density at radius 1 is 0.941 bits per heavy atom. The van der Waals surface area contributed by atoms with Gasteiger partial charge in [-0.2, -0.15) is 0 Å². The van der Waals surface area contributed by atoms with Gasteiger partial charge < -0.3 is 14.8 Å². The van der Waals surface area contributed by atoms with Gasteiger partial charge in [0.15, 0.2) is 11.5 Å². The van der Waals surface area contributed by atoms with Crippen LogP contribution in [0.5, 0.6) is 11.5 Å². The van der Waals surface area contributed by atoms with Gasteiger partial charge >= 0.3 is 6.29 Å². The number of hydrogen-bond acceptors (Lipinski definition) is 4. The highest BCUT2D eigenvalue weighted by Gasteiger charge is 2.53. The van der Waals surface area contributed by atoms with E-state index in [-0.39, 0.29) is 17.4 Å². The molecule has 1 N–H and O–H groups in total. The SMILES string of the molecule is O=C(Nc1cc2ccccc2c(-c2cccc(Cl)c2)n1)C1(c2ccc3c(c2)OC(F)(F)O3)CC1. The number of nitrogens with zero attached hydrogens (tertiary/aromatic N) is 1. The molecule has 0 bridgehead atoms. The molecule has 1 fully saturated rings. The van der Waals surface area contributed by atoms with Crippen molar-refractivity contribution in [1.29, 1.82) is 0 Å². The summed E-state index contributed by atoms with van der Waals surface area (Å²) < 4.78 is 35.9. The first-order valence-electron chi connectivity index (χ1n) is 10.7. The first kappa shape index (κ1) is 20.9. The van der Waals surface area contributed by atoms with Gasteiger partial charge in [0.2, 0.25) is 5.91 Å². The lowest BCUT2D eigenvalue weighted by Crippen LogP contribution is -2.28. The Balaban J connectivity index is 1.35. The third kappa shape index (κ3) is 3.53. The summed E-state index contributed by atoms with van der Waals surface area (Å²) in [4.78, 5) is 18.1. The van der Waals surface area contributed by atoms with Gasteiger partial charge in [0.05, 0.1) is 11.1 Å². The quantitative estimate of drug-likeness (QED) is 0.361. The van der Waals surface area contributed by atoms with Crippen LogP contribution in [0.1, 0.15) is 18.4 Å². The van der Waals surface area contributed by atoms with Crippen LogP contribution in [0.25, 0.3) is 22.0 Å². The largest absolute Gasteiger partial charge is 0.586 e. The van der Waals surface area contributed by atoms with Gasteiger partial charge in [-0.1, -0.05) is 54.1 Å². The fourth-order valence-electron chi connectivity index (χ4n) is 4.37. The predicted molar refractivity (Wildman–Crippen MR) is 124 cm³/mol. The molecule has 4 aromatic rings. The maximum Gasteiger partial charge on any atom is 0.586 e. The number of anilines is 1. The zero-order valence-corrected chi connectivity index (χ0v) is 18.4. The lowest BCUT2D eigenvalue weighted by Gasteiger charge is -2.17. The molecule has 1 aromatic heterocycles. The summed E-state index contributed by atoms with van der Waals surface area (Å²) in [6.45, 7) is 0. The van der Waals surface area contributed by atoms with Crippen LogP contribution >= 0.6 is 11.6 Å². The molecule has 0 spiro atoms. The standard InChI is InChI=1S/C26H17ClF2N2O3/c27-18-6-3-5-16(12-18)23-19-7-2-1-4-15(19)13-22(30-23)31-24(32)25(10-11-25)17-8-9-20-21(14-17)34-26(28,29)33-20/h1-9,12-14H,10-11H2,(H,30,31,32). The third-order valence-corrected chi connectivity index (χ3v) is 6.45. The Kier molecular flexibility index (Phi) is 4.54. The van der Waals surface area contributed by atoms with Crippen LogP contribution in [-0.2, 0) is 10.2 Å². The number of benzene rings is 3. The molecule has 6 rings (SSSR count). The monoisotopic (exact) mass is 478 g/mol. The van der Waals surface area contributed by atoms with Gasteiger partial charge in [-0.05, 0) is 54.1 Å². The number of carbonyl (C=O) groups excluding carboxylic acids is 1. The number of ether oxygens (including phenoxy) is 2. The molecule has 3 aromatic carbocycles. The van der Waals surface area contributed by atoms with Crippen molar-refractivity contribution in [3.05, 3.63) is 83.4 Å². The zero-order chi connectivity index (χ0) is 23.5. The van der Waals surface area contributed by atoms with Gasteiger partial charge in [-0.3, -0.25) is 4.79 Å². The minimum atomic E-state index is -3.70. The van der Waals surface area contributed by atoms with E-state index in [4.69, 9.17) is 16.6 Å². The van der Waals surface area contributed by atoms with Crippen LogP contribution in [0.2, 0.25) is 5.02 Å². The Bertz CT molecular complexity index is 1470. The van der Waals surface area contributed by atoms with Gasteiger partial charge in [-0.25, -0.2) is 4.98 Å². The molecule has 2 heterocycles. The lowest BCUT2D eigenvalue weighted by atomic mass is 9.94. The molecule has 2 aliphatic rings. The minimum Gasteiger partial charge on any atom is -0.395 e. The Hall–Kier alpha value is -3.71. The molecule has 1 aliphatic heterocycles. The van der Waals surface area contributed by atoms with Crippen molar-refractivity contribution >= 4 is 34.1 Å². The van der Waals surface area contributed by atoms with E-state index >= 15 is 0 Å². The number of hydrogen-bond donors (Lipinski definition) is 1. The molecular formula is C26H17ClF2N2O3. The summed E-state index contributed by atoms with van der Waals surface area (Å²) in [5.41, 5.74) is 1.30. The number of aromatic nitrogens is 1. The zero-order valence-electron chi connectivity index (χ0n) is 17.6. The van der Waals surface area contributed by atoms with Crippen LogP contribution in [0.4, 0.5) is 14.6 Å². The molecule has 5 nitrogen and oxygen atoms in total. The second-order valence-corrected chi connectivity index (χ2v) is 8.89. The van der Waals surface area contributed by atoms with E-state index in [1.54, 1.807) is 12.1 Å². The van der Waals surface area contributed by atoms with Crippen LogP contribution in [0.15, 0.2) is 72.8 Å². The number of pyridine rings is 1. The maximum absolute atomic E-state index is 13.4. The normalized spacial score (nSPS) is 16.9. The predicted octanol–water partition coefficient (Wildman–Crippen LogP) is 6.55. The van der Waals surface area contributed by atoms with Crippen molar-refractivity contribution in [2.24, 2.45) is 0 Å². The molecule has 1 aliphatic carbocycles. The van der Waals surface area contributed by atoms with Crippen LogP contribution in [0, 0.1) is 0 Å². The molecule has 1 amide bonds. The van der Waals surface area contributed by atoms with E-state index in [2.05, 4.69) is 14.8 Å². The number of nitrogens with one attached hydrogen (secondary N) is 1. The minimum absolute atomic E-state index is 0.0488. The van der Waals surface area contributed by atoms with Gasteiger partial charge in [0, 0.05) is 16.0 Å². The first-order valence-corrected chi connectivity index (χ1v) is 11.1. The van der Waals surface area contributed by atoms with Crippen molar-refractivity contribution in [2.45, 2.75) is 24.6 Å². The van der Waals surface area contributed by atoms with Gasteiger partial charge in [0.1, 0.15) is 5.82 Å². The average Bonchev–Trinajstić information content (AvgIpc) is 3.55. The maximum atomic E-state index is 13.4. The molecular weight excluding hydrogens is 462 g/mol. The first-order chi connectivity index (χ1) is 16.3. The summed E-state index contributed by atoms with van der Waals surface area (Å²) in [7, 11) is 0. The molecule has 8 heteroatoms. The van der Waals surface area contributed by atoms with E-state index in [0.717, 1.165) is 16.3 Å². The second-order valence-electron chi connectivity index (χ2n) is 8.45. The highest BCUT2D eigenvalue weighted by Crippen LogP contribution is 2.52. The number of alkyl halides is 2. The highest BCUT2D eigenvalue weighted by atomic mass is 35.5. The van der Waals surface area contributed by atoms with E-state index < -0.39 is 11.7 Å². The van der Waals surface area contributed by atoms with Crippen LogP contribution in [-0.4, -0.2) is 17.2 Å². The number of halogens is 3. The fraction of sp³-hybridized carbons (Fsp3) is 0.154. The average molecular weight is 479 g/mol. The molecule has 0 radical (unpaired) electrons. The fourth-order valence-corrected chi connectivity index (χ4v) is 4.56. The van der Waals surface area contributed by atoms with E-state index in [1.165, 1.54) is 12.1 Å². The summed E-state index contributed by atoms with van der Waals surface area (Å²) in [5.74, 6) is 0.0242. The third-order valence-electron chi connectivity index (χ3n) is 6.22. The molecule has 170 valence electrons. The van der Waals surface area contributed by atoms with Crippen molar-refractivity contribution in [3.63, 3.8) is 0 Å². The van der Waals surface area contributed by atoms with Gasteiger partial charge in [-0.15, -0.1) is 8.78 Å². The molecule has 1 saturated carbocycles. The van der Waals surface area contributed by atoms with E-state index in [0.29, 0.717) is 34.9 Å². The van der Waals surface area contributed by atoms with Crippen LogP contribution in [0.3, 0.4) is 0 Å². The summed E-state index contributed by atoms with van der Waals surface area (Å²) in [6.07, 6.45) is -2.53. The Labute approximate surface area is 198 Å². The number of rotatable bonds is 4. The molecule has 0 atom stereocenters. The summed E-state index contributed by atoms with van der Waals surface area (Å²) in [6, 6.07) is 21.4. The Morgan fingerprint density at radius 3 is 2.53 bits per heavy atom. The van der Waals surface area contributed by atoms with E-state index in [9.17, 15) is 13.6 Å². The topological polar surface area (TPSA) is 60.5 Å². The Morgan fingerprint density at radius 2 is 1.74 bits per heavy atom. The smallest absolute Gasteiger partial charge is 0.395 e. The molecule has 0 unspecified atom stereocenters. The number of carbonyl (C=O) groups is 1. The second kappa shape index (κ2) is 7.40. The number of fused-ring (bicyclic) bond motifs is 2. The van der Waals surface area contributed by atoms with Crippen molar-refractivity contribution < 1.29 is 23.0 Å². The van der Waals surface area contributed by atoms with Gasteiger partial charge in [0.25, 0.3) is 0 Å². The summed E-state index contributed by atoms with van der Waals surface area (Å²) >= 11 is 6.20. The summed E-state index contributed by atoms with van der Waals surface area (Å²) in [5, 5.41) is 5.37. The highest BCUT2D eigenvalue weighted by molar-refractivity contribution is 6.30. The lowest BCUT2D eigenvalue weighted by molar-refractivity contribution is -0.286. The van der Waals surface area contributed by atoms with E-state index in [1.807, 2.05) is 48.5 Å². The van der Waals surface area contributed by atoms with Crippen molar-refractivity contribution in [3.8, 4) is 22.8 Å². The van der Waals surface area contributed by atoms with Crippen LogP contribution < -0.4 is 14.8 Å². The van der Waals surface area contributed by atoms with Crippen molar-refractivity contribution in [1.82, 2.24) is 4.98 Å². The number of amides is 1. The molecule has 34 heavy (non-hydrogen) atoms. The van der Waals surface area contributed by atoms with Crippen molar-refractivity contribution in [2.75, 3.05) is 5.32 Å². The molecule has 0 saturated heterocycles.